The Morgan fingerprint density at radius 1 is 1.58 bits per heavy atom. The second-order valence-electron chi connectivity index (χ2n) is 2.77. The molecule has 0 aromatic heterocycles. The molecule has 0 saturated carbocycles. The van der Waals surface area contributed by atoms with E-state index in [1.165, 1.54) is 6.07 Å². The average molecular weight is 165 g/mol. The zero-order valence-corrected chi connectivity index (χ0v) is 7.05. The third kappa shape index (κ3) is 1.71. The van der Waals surface area contributed by atoms with Crippen molar-refractivity contribution < 1.29 is 4.39 Å². The number of halogens is 1. The Hall–Kier alpha value is -1.15. The van der Waals surface area contributed by atoms with Gasteiger partial charge in [-0.1, -0.05) is 18.2 Å². The summed E-state index contributed by atoms with van der Waals surface area (Å²) in [7, 11) is 0. The maximum Gasteiger partial charge on any atom is 0.126 e. The Morgan fingerprint density at radius 2 is 2.25 bits per heavy atom. The summed E-state index contributed by atoms with van der Waals surface area (Å²) in [5, 5.41) is 0. The summed E-state index contributed by atoms with van der Waals surface area (Å²) in [6.07, 6.45) is 1.63. The molecule has 2 N–H and O–H groups in total. The van der Waals surface area contributed by atoms with Gasteiger partial charge in [-0.25, -0.2) is 4.39 Å². The highest BCUT2D eigenvalue weighted by Gasteiger charge is 2.03. The fourth-order valence-corrected chi connectivity index (χ4v) is 1.01. The van der Waals surface area contributed by atoms with E-state index in [9.17, 15) is 4.39 Å². The van der Waals surface area contributed by atoms with Gasteiger partial charge < -0.3 is 5.73 Å². The van der Waals surface area contributed by atoms with Crippen molar-refractivity contribution in [2.45, 2.75) is 13.0 Å². The fraction of sp³-hybridized carbons (Fsp3) is 0.200. The zero-order chi connectivity index (χ0) is 9.14. The molecule has 2 heteroatoms. The van der Waals surface area contributed by atoms with Crippen LogP contribution in [0.5, 0.6) is 0 Å². The van der Waals surface area contributed by atoms with Crippen molar-refractivity contribution in [2.75, 3.05) is 0 Å². The van der Waals surface area contributed by atoms with E-state index in [1.54, 1.807) is 25.1 Å². The maximum atomic E-state index is 12.8. The standard InChI is InChI=1S/C10H12FN/c1-3-10(12)8-4-5-9(11)7(2)6-8/h3-6,10H,1,12H2,2H3/t10-/m0/s1. The van der Waals surface area contributed by atoms with Crippen molar-refractivity contribution >= 4 is 0 Å². The monoisotopic (exact) mass is 165 g/mol. The van der Waals surface area contributed by atoms with Crippen LogP contribution in [-0.2, 0) is 0 Å². The molecule has 0 heterocycles. The first-order chi connectivity index (χ1) is 5.65. The largest absolute Gasteiger partial charge is 0.321 e. The van der Waals surface area contributed by atoms with Crippen molar-refractivity contribution in [1.82, 2.24) is 0 Å². The molecule has 0 saturated heterocycles. The molecule has 0 unspecified atom stereocenters. The molecular weight excluding hydrogens is 153 g/mol. The molecule has 0 spiro atoms. The van der Waals surface area contributed by atoms with Gasteiger partial charge in [0.05, 0.1) is 0 Å². The zero-order valence-electron chi connectivity index (χ0n) is 7.05. The van der Waals surface area contributed by atoms with Crippen molar-refractivity contribution in [3.63, 3.8) is 0 Å². The number of nitrogens with two attached hydrogens (primary N) is 1. The molecule has 1 aromatic rings. The Balaban J connectivity index is 3.04. The van der Waals surface area contributed by atoms with Crippen molar-refractivity contribution in [3.8, 4) is 0 Å². The quantitative estimate of drug-likeness (QED) is 0.669. The summed E-state index contributed by atoms with van der Waals surface area (Å²) in [5.74, 6) is -0.199. The van der Waals surface area contributed by atoms with Crippen LogP contribution in [-0.4, -0.2) is 0 Å². The van der Waals surface area contributed by atoms with E-state index in [2.05, 4.69) is 6.58 Å². The summed E-state index contributed by atoms with van der Waals surface area (Å²) >= 11 is 0. The van der Waals surface area contributed by atoms with Gasteiger partial charge >= 0.3 is 0 Å². The van der Waals surface area contributed by atoms with Crippen LogP contribution in [0, 0.1) is 12.7 Å². The highest BCUT2D eigenvalue weighted by atomic mass is 19.1. The van der Waals surface area contributed by atoms with E-state index in [0.717, 1.165) is 5.56 Å². The van der Waals surface area contributed by atoms with Gasteiger partial charge in [0.1, 0.15) is 5.82 Å². The normalized spacial score (nSPS) is 12.6. The Labute approximate surface area is 71.7 Å². The van der Waals surface area contributed by atoms with Crippen LogP contribution in [0.25, 0.3) is 0 Å². The molecule has 0 aliphatic carbocycles. The van der Waals surface area contributed by atoms with E-state index < -0.39 is 0 Å². The van der Waals surface area contributed by atoms with E-state index in [1.807, 2.05) is 0 Å². The second-order valence-corrected chi connectivity index (χ2v) is 2.77. The minimum absolute atomic E-state index is 0.199. The number of hydrogen-bond acceptors (Lipinski definition) is 1. The van der Waals surface area contributed by atoms with Crippen LogP contribution in [0.2, 0.25) is 0 Å². The van der Waals surface area contributed by atoms with Gasteiger partial charge in [-0.2, -0.15) is 0 Å². The molecule has 64 valence electrons. The van der Waals surface area contributed by atoms with Crippen LogP contribution in [0.1, 0.15) is 17.2 Å². The molecule has 0 aliphatic heterocycles. The van der Waals surface area contributed by atoms with E-state index >= 15 is 0 Å². The van der Waals surface area contributed by atoms with Gasteiger partial charge in [-0.05, 0) is 24.1 Å². The minimum Gasteiger partial charge on any atom is -0.321 e. The van der Waals surface area contributed by atoms with Gasteiger partial charge in [0.2, 0.25) is 0 Å². The Bertz CT molecular complexity index is 294. The van der Waals surface area contributed by atoms with Crippen LogP contribution in [0.15, 0.2) is 30.9 Å². The van der Waals surface area contributed by atoms with Crippen molar-refractivity contribution in [1.29, 1.82) is 0 Å². The molecule has 1 atom stereocenters. The van der Waals surface area contributed by atoms with Gasteiger partial charge in [-0.3, -0.25) is 0 Å². The third-order valence-electron chi connectivity index (χ3n) is 1.82. The fourth-order valence-electron chi connectivity index (χ4n) is 1.01. The molecule has 0 amide bonds. The molecule has 1 nitrogen and oxygen atoms in total. The molecule has 1 rings (SSSR count). The predicted molar refractivity (Wildman–Crippen MR) is 48.3 cm³/mol. The summed E-state index contributed by atoms with van der Waals surface area (Å²) in [4.78, 5) is 0. The van der Waals surface area contributed by atoms with Crippen LogP contribution in [0.4, 0.5) is 4.39 Å². The molecular formula is C10H12FN. The van der Waals surface area contributed by atoms with Gasteiger partial charge in [0, 0.05) is 6.04 Å². The minimum atomic E-state index is -0.204. The number of hydrogen-bond donors (Lipinski definition) is 1. The second kappa shape index (κ2) is 3.50. The summed E-state index contributed by atoms with van der Waals surface area (Å²) < 4.78 is 12.8. The lowest BCUT2D eigenvalue weighted by molar-refractivity contribution is 0.617. The SMILES string of the molecule is C=C[C@H](N)c1ccc(F)c(C)c1. The summed E-state index contributed by atoms with van der Waals surface area (Å²) in [6, 6.07) is 4.63. The highest BCUT2D eigenvalue weighted by molar-refractivity contribution is 5.28. The average Bonchev–Trinajstić information content (AvgIpc) is 2.08. The number of aryl methyl sites for hydroxylation is 1. The number of benzene rings is 1. The van der Waals surface area contributed by atoms with Crippen LogP contribution < -0.4 is 5.73 Å². The lowest BCUT2D eigenvalue weighted by Gasteiger charge is -2.07. The Morgan fingerprint density at radius 3 is 2.75 bits per heavy atom. The molecule has 0 radical (unpaired) electrons. The molecule has 1 aromatic carbocycles. The molecule has 12 heavy (non-hydrogen) atoms. The topological polar surface area (TPSA) is 26.0 Å². The first-order valence-corrected chi connectivity index (χ1v) is 3.79. The first-order valence-electron chi connectivity index (χ1n) is 3.79. The lowest BCUT2D eigenvalue weighted by atomic mass is 10.1. The van der Waals surface area contributed by atoms with E-state index in [-0.39, 0.29) is 11.9 Å². The Kier molecular flexibility index (Phi) is 2.61. The molecule has 0 aliphatic rings. The van der Waals surface area contributed by atoms with Crippen molar-refractivity contribution in [3.05, 3.63) is 47.8 Å². The van der Waals surface area contributed by atoms with Crippen LogP contribution in [0.3, 0.4) is 0 Å². The van der Waals surface area contributed by atoms with E-state index in [4.69, 9.17) is 5.73 Å². The van der Waals surface area contributed by atoms with E-state index in [0.29, 0.717) is 5.56 Å². The lowest BCUT2D eigenvalue weighted by Crippen LogP contribution is -2.06. The smallest absolute Gasteiger partial charge is 0.126 e. The van der Waals surface area contributed by atoms with Gasteiger partial charge in [0.25, 0.3) is 0 Å². The van der Waals surface area contributed by atoms with Crippen molar-refractivity contribution in [2.24, 2.45) is 5.73 Å². The summed E-state index contributed by atoms with van der Waals surface area (Å²) in [5.41, 5.74) is 7.18. The molecule has 0 bridgehead atoms. The van der Waals surface area contributed by atoms with Gasteiger partial charge in [0.15, 0.2) is 0 Å². The first kappa shape index (κ1) is 8.94. The molecule has 0 fully saturated rings. The summed E-state index contributed by atoms with van der Waals surface area (Å²) in [6.45, 7) is 5.29. The maximum absolute atomic E-state index is 12.8. The number of rotatable bonds is 2. The van der Waals surface area contributed by atoms with Crippen LogP contribution >= 0.6 is 0 Å². The predicted octanol–water partition coefficient (Wildman–Crippen LogP) is 2.32. The van der Waals surface area contributed by atoms with Gasteiger partial charge in [-0.15, -0.1) is 6.58 Å². The highest BCUT2D eigenvalue weighted by Crippen LogP contribution is 2.15. The third-order valence-corrected chi connectivity index (χ3v) is 1.82.